The lowest BCUT2D eigenvalue weighted by Gasteiger charge is -2.01. The highest BCUT2D eigenvalue weighted by Gasteiger charge is 2.23. The average molecular weight is 1000 g/mol. The molecule has 1 aliphatic heterocycles. The SMILES string of the molecule is CC1=c2[nH]c(c(Br)c2Br)=C(C)c2[nH]c(c(Br)c2Br)C(C)=c2[nH]c(c(Br)c2Br)=C(C)c2[nH]c1c(Br)c2Br. The third-order valence-corrected chi connectivity index (χ3v) is 15.0. The second-order valence-electron chi connectivity index (χ2n) is 8.51. The van der Waals surface area contributed by atoms with Gasteiger partial charge in [-0.3, -0.25) is 0 Å². The van der Waals surface area contributed by atoms with Gasteiger partial charge in [0.2, 0.25) is 0 Å². The molecule has 0 atom stereocenters. The number of fused-ring (bicyclic) bond motifs is 8. The molecule has 5 rings (SSSR count). The summed E-state index contributed by atoms with van der Waals surface area (Å²) in [5, 5.41) is 3.94. The van der Waals surface area contributed by atoms with Crippen molar-refractivity contribution in [3.8, 4) is 0 Å². The van der Waals surface area contributed by atoms with E-state index in [4.69, 9.17) is 0 Å². The molecule has 0 aromatic carbocycles. The third-order valence-electron chi connectivity index (χ3n) is 6.53. The predicted molar refractivity (Wildman–Crippen MR) is 176 cm³/mol. The number of aromatic amines is 4. The zero-order chi connectivity index (χ0) is 26.4. The standard InChI is InChI=1S/C24H16Br8N4/c1-5-17-9(25)11(27)19(33-17)6(2)21-13(29)15(31)23(35-21)8(4)24-16(32)14(30)22(36-24)7(3)20-12(28)10(26)18(5)34-20/h33-36H,1-4H3. The Morgan fingerprint density at radius 3 is 0.694 bits per heavy atom. The molecule has 8 bridgehead atoms. The van der Waals surface area contributed by atoms with E-state index in [1.807, 2.05) is 0 Å². The van der Waals surface area contributed by atoms with Crippen molar-refractivity contribution in [3.63, 3.8) is 0 Å². The van der Waals surface area contributed by atoms with Gasteiger partial charge in [0.25, 0.3) is 0 Å². The summed E-state index contributed by atoms with van der Waals surface area (Å²) >= 11 is 30.5. The van der Waals surface area contributed by atoms with E-state index in [1.165, 1.54) is 0 Å². The van der Waals surface area contributed by atoms with Gasteiger partial charge in [0, 0.05) is 0 Å². The Hall–Kier alpha value is 0.440. The number of aromatic nitrogens is 4. The molecule has 0 aliphatic carbocycles. The lowest BCUT2D eigenvalue weighted by molar-refractivity contribution is 1.17. The Labute approximate surface area is 274 Å². The fourth-order valence-electron chi connectivity index (χ4n) is 4.38. The minimum absolute atomic E-state index is 0.962. The second kappa shape index (κ2) is 10.1. The predicted octanol–water partition coefficient (Wildman–Crippen LogP) is 8.29. The molecule has 0 radical (unpaired) electrons. The van der Waals surface area contributed by atoms with Crippen LogP contribution in [0.3, 0.4) is 0 Å². The smallest absolute Gasteiger partial charge is 0.0592 e. The molecule has 188 valence electrons. The highest BCUT2D eigenvalue weighted by Crippen LogP contribution is 2.38. The van der Waals surface area contributed by atoms with E-state index < -0.39 is 0 Å². The van der Waals surface area contributed by atoms with Crippen LogP contribution in [0.5, 0.6) is 0 Å². The van der Waals surface area contributed by atoms with Crippen molar-refractivity contribution in [2.75, 3.05) is 0 Å². The van der Waals surface area contributed by atoms with Crippen LogP contribution >= 0.6 is 127 Å². The summed E-state index contributed by atoms with van der Waals surface area (Å²) in [6.07, 6.45) is 0. The summed E-state index contributed by atoms with van der Waals surface area (Å²) in [6.45, 7) is 8.41. The second-order valence-corrected chi connectivity index (χ2v) is 14.9. The lowest BCUT2D eigenvalue weighted by atomic mass is 10.2. The van der Waals surface area contributed by atoms with E-state index >= 15 is 0 Å². The van der Waals surface area contributed by atoms with Gasteiger partial charge in [-0.05, 0) is 177 Å². The zero-order valence-corrected chi connectivity index (χ0v) is 31.7. The van der Waals surface area contributed by atoms with E-state index in [0.717, 1.165) is 102 Å². The van der Waals surface area contributed by atoms with E-state index in [0.29, 0.717) is 0 Å². The molecule has 5 heterocycles. The molecule has 36 heavy (non-hydrogen) atoms. The van der Waals surface area contributed by atoms with E-state index in [2.05, 4.69) is 175 Å². The molecule has 12 heteroatoms. The minimum atomic E-state index is 0.962. The first-order valence-electron chi connectivity index (χ1n) is 10.5. The van der Waals surface area contributed by atoms with Gasteiger partial charge >= 0.3 is 0 Å². The van der Waals surface area contributed by atoms with Crippen molar-refractivity contribution in [3.05, 3.63) is 80.0 Å². The van der Waals surface area contributed by atoms with Gasteiger partial charge in [-0.2, -0.15) is 0 Å². The largest absolute Gasteiger partial charge is 0.353 e. The number of H-pyrrole nitrogens is 4. The highest BCUT2D eigenvalue weighted by molar-refractivity contribution is 9.14. The Balaban J connectivity index is 2.09. The molecule has 0 fully saturated rings. The summed E-state index contributed by atoms with van der Waals surface area (Å²) in [7, 11) is 0. The zero-order valence-electron chi connectivity index (χ0n) is 19.0. The van der Waals surface area contributed by atoms with Crippen LogP contribution in [0.15, 0.2) is 35.8 Å². The van der Waals surface area contributed by atoms with Gasteiger partial charge in [-0.1, -0.05) is 0 Å². The van der Waals surface area contributed by atoms with Crippen molar-refractivity contribution >= 4 is 150 Å². The van der Waals surface area contributed by atoms with Gasteiger partial charge in [0.1, 0.15) is 0 Å². The molecule has 0 saturated carbocycles. The van der Waals surface area contributed by atoms with Crippen molar-refractivity contribution in [2.24, 2.45) is 0 Å². The van der Waals surface area contributed by atoms with Crippen LogP contribution in [0, 0.1) is 0 Å². The molecule has 0 spiro atoms. The molecule has 0 amide bonds. The van der Waals surface area contributed by atoms with Gasteiger partial charge in [0.05, 0.1) is 80.0 Å². The number of halogens is 8. The number of rotatable bonds is 0. The van der Waals surface area contributed by atoms with Crippen molar-refractivity contribution < 1.29 is 0 Å². The molecule has 4 nitrogen and oxygen atoms in total. The Morgan fingerprint density at radius 2 is 0.500 bits per heavy atom. The first-order valence-corrected chi connectivity index (χ1v) is 16.9. The maximum atomic E-state index is 3.82. The fraction of sp³-hybridized carbons (Fsp3) is 0.167. The van der Waals surface area contributed by atoms with Crippen LogP contribution in [-0.4, -0.2) is 19.9 Å². The van der Waals surface area contributed by atoms with Crippen LogP contribution in [0.2, 0.25) is 0 Å². The summed E-state index contributed by atoms with van der Waals surface area (Å²) in [5.41, 5.74) is 8.17. The van der Waals surface area contributed by atoms with Gasteiger partial charge in [0.15, 0.2) is 0 Å². The van der Waals surface area contributed by atoms with Crippen LogP contribution in [0.25, 0.3) is 22.3 Å². The monoisotopic (exact) mass is 991 g/mol. The highest BCUT2D eigenvalue weighted by atomic mass is 79.9. The van der Waals surface area contributed by atoms with Crippen LogP contribution in [0.1, 0.15) is 50.5 Å². The maximum absolute atomic E-state index is 3.82. The summed E-state index contributed by atoms with van der Waals surface area (Å²) in [5.74, 6) is 0. The first-order chi connectivity index (χ1) is 16.9. The summed E-state index contributed by atoms with van der Waals surface area (Å²) < 4.78 is 7.69. The van der Waals surface area contributed by atoms with Crippen LogP contribution in [0.4, 0.5) is 0 Å². The van der Waals surface area contributed by atoms with Crippen LogP contribution < -0.4 is 21.4 Å². The molecule has 0 unspecified atom stereocenters. The van der Waals surface area contributed by atoms with E-state index in [9.17, 15) is 0 Å². The van der Waals surface area contributed by atoms with E-state index in [-0.39, 0.29) is 0 Å². The quantitative estimate of drug-likeness (QED) is 0.137. The van der Waals surface area contributed by atoms with Gasteiger partial charge in [-0.15, -0.1) is 0 Å². The fourth-order valence-corrected chi connectivity index (χ4v) is 9.14. The van der Waals surface area contributed by atoms with Crippen LogP contribution in [-0.2, 0) is 0 Å². The average Bonchev–Trinajstić information content (AvgIpc) is 3.52. The van der Waals surface area contributed by atoms with Crippen molar-refractivity contribution in [1.29, 1.82) is 0 Å². The summed E-state index contributed by atoms with van der Waals surface area (Å²) in [6, 6.07) is 0. The molecular formula is C24H16Br8N4. The molecular weight excluding hydrogens is 984 g/mol. The molecule has 0 saturated heterocycles. The van der Waals surface area contributed by atoms with Crippen molar-refractivity contribution in [1.82, 2.24) is 19.9 Å². The normalized spacial score (nSPS) is 13.9. The number of nitrogens with one attached hydrogen (secondary N) is 4. The number of hydrogen-bond acceptors (Lipinski definition) is 0. The van der Waals surface area contributed by atoms with Gasteiger partial charge < -0.3 is 19.9 Å². The van der Waals surface area contributed by atoms with E-state index in [1.54, 1.807) is 0 Å². The topological polar surface area (TPSA) is 63.2 Å². The summed E-state index contributed by atoms with van der Waals surface area (Å²) in [4.78, 5) is 14.6. The Kier molecular flexibility index (Phi) is 7.87. The third kappa shape index (κ3) is 4.14. The molecule has 1 aliphatic rings. The van der Waals surface area contributed by atoms with Crippen molar-refractivity contribution in [2.45, 2.75) is 27.7 Å². The molecule has 4 N–H and O–H groups in total. The number of hydrogen-bond donors (Lipinski definition) is 4. The minimum Gasteiger partial charge on any atom is -0.353 e. The maximum Gasteiger partial charge on any atom is 0.0592 e. The Bertz CT molecular complexity index is 1600. The Morgan fingerprint density at radius 1 is 0.306 bits per heavy atom. The molecule has 4 aromatic rings. The van der Waals surface area contributed by atoms with Gasteiger partial charge in [-0.25, -0.2) is 0 Å². The molecule has 4 aromatic heterocycles. The lowest BCUT2D eigenvalue weighted by Crippen LogP contribution is -2.17. The first kappa shape index (κ1) is 28.0.